The summed E-state index contributed by atoms with van der Waals surface area (Å²) in [5.74, 6) is -0.804. The SMILES string of the molecule is CC/C=C\C/C=C\C/C=C\C/C=C\C/C=C\C/C=C\C/C=C\C/C=C\C/C=C\CCCCCCCCCC(=O)OC(COC(=O)CCCCCCCCCCCCCCCCCCCCCCCCCCCC)COP(=O)(O)OCC[N+](C)(C)C. The Balaban J connectivity index is 4.11. The molecule has 9 nitrogen and oxygen atoms in total. The lowest BCUT2D eigenvalue weighted by molar-refractivity contribution is -0.870. The van der Waals surface area contributed by atoms with E-state index in [0.29, 0.717) is 17.4 Å². The van der Waals surface area contributed by atoms with E-state index < -0.39 is 26.5 Å². The molecule has 0 aromatic heterocycles. The van der Waals surface area contributed by atoms with Crippen LogP contribution in [0.15, 0.2) is 109 Å². The summed E-state index contributed by atoms with van der Waals surface area (Å²) >= 11 is 0. The molecule has 0 fully saturated rings. The maximum Gasteiger partial charge on any atom is 0.472 e. The summed E-state index contributed by atoms with van der Waals surface area (Å²) in [4.78, 5) is 35.9. The molecule has 85 heavy (non-hydrogen) atoms. The number of nitrogens with zero attached hydrogens (tertiary/aromatic N) is 1. The van der Waals surface area contributed by atoms with Crippen molar-refractivity contribution in [1.82, 2.24) is 0 Å². The molecule has 0 saturated heterocycles. The van der Waals surface area contributed by atoms with E-state index in [4.69, 9.17) is 18.5 Å². The van der Waals surface area contributed by atoms with Crippen molar-refractivity contribution >= 4 is 19.8 Å². The molecule has 2 atom stereocenters. The van der Waals surface area contributed by atoms with Gasteiger partial charge in [0.25, 0.3) is 0 Å². The molecule has 0 heterocycles. The Morgan fingerprint density at radius 1 is 0.376 bits per heavy atom. The van der Waals surface area contributed by atoms with E-state index in [2.05, 4.69) is 123 Å². The second-order valence-corrected chi connectivity index (χ2v) is 26.0. The van der Waals surface area contributed by atoms with E-state index in [1.54, 1.807) is 0 Å². The van der Waals surface area contributed by atoms with Crippen LogP contribution in [-0.2, 0) is 32.7 Å². The standard InChI is InChI=1S/C75H132NO8P/c1-6-8-10-12-14-16-18-20-22-24-26-28-30-32-34-35-36-37-38-39-40-41-42-44-46-48-50-52-54-56-58-60-62-64-66-68-75(78)84-73(72-83-85(79,80)82-70-69-76(3,4)5)71-81-74(77)67-65-63-61-59-57-55-53-51-49-47-45-43-33-31-29-27-25-23-21-19-17-15-13-11-9-7-2/h8,10,14,16,20,22,26,28,32,34,36-37,39-40,42,44,48,50,73H,6-7,9,11-13,15,17-19,21,23-25,27,29-31,33,35,38,41,43,45-47,49,51-72H2,1-5H3/p+1/b10-8-,16-14-,22-20-,28-26-,34-32-,37-36-,40-39-,44-42-,50-48-. The van der Waals surface area contributed by atoms with Crippen molar-refractivity contribution in [3.8, 4) is 0 Å². The fourth-order valence-electron chi connectivity index (χ4n) is 9.72. The predicted molar refractivity (Wildman–Crippen MR) is 367 cm³/mol. The number of allylic oxidation sites excluding steroid dienone is 18. The molecule has 0 aliphatic carbocycles. The lowest BCUT2D eigenvalue weighted by Crippen LogP contribution is -2.37. The zero-order chi connectivity index (χ0) is 61.9. The summed E-state index contributed by atoms with van der Waals surface area (Å²) in [6.07, 6.45) is 91.9. The smallest absolute Gasteiger partial charge is 0.462 e. The molecular formula is C75H133NO8P+. The molecule has 490 valence electrons. The van der Waals surface area contributed by atoms with E-state index >= 15 is 0 Å². The third-order valence-corrected chi connectivity index (χ3v) is 16.1. The highest BCUT2D eigenvalue weighted by atomic mass is 31.2. The number of rotatable bonds is 64. The molecule has 2 unspecified atom stereocenters. The minimum absolute atomic E-state index is 0.0258. The number of carbonyl (C=O) groups excluding carboxylic acids is 2. The number of esters is 2. The molecule has 10 heteroatoms. The van der Waals surface area contributed by atoms with E-state index in [-0.39, 0.29) is 32.0 Å². The maximum absolute atomic E-state index is 12.9. The van der Waals surface area contributed by atoms with Gasteiger partial charge in [0, 0.05) is 12.8 Å². The van der Waals surface area contributed by atoms with Gasteiger partial charge >= 0.3 is 19.8 Å². The number of hydrogen-bond acceptors (Lipinski definition) is 7. The highest BCUT2D eigenvalue weighted by molar-refractivity contribution is 7.47. The van der Waals surface area contributed by atoms with Crippen LogP contribution in [0.25, 0.3) is 0 Å². The molecule has 0 aromatic rings. The van der Waals surface area contributed by atoms with Crippen LogP contribution in [0.2, 0.25) is 0 Å². The molecule has 0 radical (unpaired) electrons. The van der Waals surface area contributed by atoms with Crippen molar-refractivity contribution in [3.63, 3.8) is 0 Å². The first-order valence-electron chi connectivity index (χ1n) is 35.1. The Hall–Kier alpha value is -3.33. The summed E-state index contributed by atoms with van der Waals surface area (Å²) in [6, 6.07) is 0. The Kier molecular flexibility index (Phi) is 62.6. The van der Waals surface area contributed by atoms with Gasteiger partial charge in [-0.25, -0.2) is 4.57 Å². The van der Waals surface area contributed by atoms with Crippen molar-refractivity contribution in [3.05, 3.63) is 109 Å². The van der Waals surface area contributed by atoms with Gasteiger partial charge in [-0.15, -0.1) is 0 Å². The van der Waals surface area contributed by atoms with Gasteiger partial charge in [0.2, 0.25) is 0 Å². The van der Waals surface area contributed by atoms with Crippen LogP contribution in [0, 0.1) is 0 Å². The maximum atomic E-state index is 12.9. The Labute approximate surface area is 525 Å². The fraction of sp³-hybridized carbons (Fsp3) is 0.733. The first-order chi connectivity index (χ1) is 41.5. The van der Waals surface area contributed by atoms with Gasteiger partial charge in [-0.1, -0.05) is 316 Å². The number of hydrogen-bond donors (Lipinski definition) is 1. The zero-order valence-electron chi connectivity index (χ0n) is 55.8. The average Bonchev–Trinajstić information content (AvgIpc) is 3.51. The number of quaternary nitrogens is 1. The van der Waals surface area contributed by atoms with Crippen LogP contribution in [0.4, 0.5) is 0 Å². The van der Waals surface area contributed by atoms with Crippen LogP contribution in [-0.4, -0.2) is 74.9 Å². The molecule has 0 bridgehead atoms. The van der Waals surface area contributed by atoms with Crippen molar-refractivity contribution in [2.75, 3.05) is 47.5 Å². The number of phosphoric ester groups is 1. The number of unbranched alkanes of at least 4 members (excludes halogenated alkanes) is 32. The molecule has 0 aliphatic heterocycles. The van der Waals surface area contributed by atoms with Crippen LogP contribution in [0.3, 0.4) is 0 Å². The Morgan fingerprint density at radius 2 is 0.671 bits per heavy atom. The van der Waals surface area contributed by atoms with Gasteiger partial charge in [0.1, 0.15) is 19.8 Å². The molecule has 0 amide bonds. The third kappa shape index (κ3) is 69.6. The van der Waals surface area contributed by atoms with Crippen LogP contribution in [0.1, 0.15) is 303 Å². The molecule has 0 saturated carbocycles. The molecule has 0 rings (SSSR count). The Bertz CT molecular complexity index is 1800. The number of likely N-dealkylation sites (N-methyl/N-ethyl adjacent to an activating group) is 1. The van der Waals surface area contributed by atoms with Crippen LogP contribution < -0.4 is 0 Å². The first kappa shape index (κ1) is 81.7. The lowest BCUT2D eigenvalue weighted by atomic mass is 10.0. The molecule has 0 aliphatic rings. The molecule has 0 spiro atoms. The second kappa shape index (κ2) is 65.1. The van der Waals surface area contributed by atoms with Crippen molar-refractivity contribution in [1.29, 1.82) is 0 Å². The van der Waals surface area contributed by atoms with Gasteiger partial charge < -0.3 is 18.9 Å². The predicted octanol–water partition coefficient (Wildman–Crippen LogP) is 22.9. The fourth-order valence-corrected chi connectivity index (χ4v) is 10.5. The summed E-state index contributed by atoms with van der Waals surface area (Å²) in [6.45, 7) is 4.34. The highest BCUT2D eigenvalue weighted by Gasteiger charge is 2.27. The topological polar surface area (TPSA) is 108 Å². The monoisotopic (exact) mass is 1210 g/mol. The number of ether oxygens (including phenoxy) is 2. The first-order valence-corrected chi connectivity index (χ1v) is 36.6. The van der Waals surface area contributed by atoms with Crippen molar-refractivity contribution in [2.45, 2.75) is 309 Å². The second-order valence-electron chi connectivity index (χ2n) is 24.5. The van der Waals surface area contributed by atoms with E-state index in [1.165, 1.54) is 167 Å². The Morgan fingerprint density at radius 3 is 1.00 bits per heavy atom. The van der Waals surface area contributed by atoms with Gasteiger partial charge in [0.05, 0.1) is 27.7 Å². The molecule has 1 N–H and O–H groups in total. The van der Waals surface area contributed by atoms with E-state index in [9.17, 15) is 19.0 Å². The largest absolute Gasteiger partial charge is 0.472 e. The normalized spacial score (nSPS) is 13.8. The van der Waals surface area contributed by atoms with Crippen LogP contribution >= 0.6 is 7.82 Å². The summed E-state index contributed by atoms with van der Waals surface area (Å²) < 4.78 is 34.7. The number of phosphoric acid groups is 1. The lowest BCUT2D eigenvalue weighted by Gasteiger charge is -2.24. The quantitative estimate of drug-likeness (QED) is 0.0211. The highest BCUT2D eigenvalue weighted by Crippen LogP contribution is 2.43. The molecular weight excluding hydrogens is 1070 g/mol. The minimum Gasteiger partial charge on any atom is -0.462 e. The minimum atomic E-state index is -4.40. The van der Waals surface area contributed by atoms with Crippen molar-refractivity contribution < 1.29 is 42.1 Å². The summed E-state index contributed by atoms with van der Waals surface area (Å²) in [5, 5.41) is 0. The van der Waals surface area contributed by atoms with Crippen LogP contribution in [0.5, 0.6) is 0 Å². The van der Waals surface area contributed by atoms with Gasteiger partial charge in [0.15, 0.2) is 6.10 Å². The van der Waals surface area contributed by atoms with Crippen molar-refractivity contribution in [2.24, 2.45) is 0 Å². The summed E-state index contributed by atoms with van der Waals surface area (Å²) in [5.41, 5.74) is 0. The van der Waals surface area contributed by atoms with Gasteiger partial charge in [-0.3, -0.25) is 18.6 Å². The van der Waals surface area contributed by atoms with Gasteiger partial charge in [-0.2, -0.15) is 0 Å². The van der Waals surface area contributed by atoms with E-state index in [1.807, 2.05) is 21.1 Å². The van der Waals surface area contributed by atoms with Gasteiger partial charge in [-0.05, 0) is 83.5 Å². The third-order valence-electron chi connectivity index (χ3n) is 15.1. The van der Waals surface area contributed by atoms with E-state index in [0.717, 1.165) is 103 Å². The average molecular weight is 1210 g/mol. The summed E-state index contributed by atoms with van der Waals surface area (Å²) in [7, 11) is 1.47. The molecule has 0 aromatic carbocycles. The zero-order valence-corrected chi connectivity index (χ0v) is 56.7. The number of carbonyl (C=O) groups is 2.